The summed E-state index contributed by atoms with van der Waals surface area (Å²) in [4.78, 5) is 28.9. The second-order valence-corrected chi connectivity index (χ2v) is 9.52. The molecule has 0 radical (unpaired) electrons. The van der Waals surface area contributed by atoms with E-state index in [0.29, 0.717) is 12.2 Å². The Morgan fingerprint density at radius 2 is 1.94 bits per heavy atom. The summed E-state index contributed by atoms with van der Waals surface area (Å²) >= 11 is 0. The highest BCUT2D eigenvalue weighted by Gasteiger charge is 2.61. The lowest BCUT2D eigenvalue weighted by molar-refractivity contribution is -0.170. The predicted octanol–water partition coefficient (Wildman–Crippen LogP) is 3.08. The van der Waals surface area contributed by atoms with Crippen LogP contribution in [0.5, 0.6) is 5.88 Å². The number of aromatic amines is 1. The van der Waals surface area contributed by atoms with Crippen molar-refractivity contribution < 1.29 is 28.8 Å². The predicted molar refractivity (Wildman–Crippen MR) is 113 cm³/mol. The van der Waals surface area contributed by atoms with Gasteiger partial charge in [-0.15, -0.1) is 0 Å². The number of unbranched alkanes of at least 4 members (excludes halogenated alkanes) is 1. The zero-order chi connectivity index (χ0) is 23.0. The molecular formula is C22H34N2O7. The molecule has 2 saturated heterocycles. The van der Waals surface area contributed by atoms with Crippen molar-refractivity contribution in [3.63, 3.8) is 0 Å². The van der Waals surface area contributed by atoms with Crippen LogP contribution in [0.1, 0.15) is 66.0 Å². The molecule has 31 heavy (non-hydrogen) atoms. The lowest BCUT2D eigenvalue weighted by Gasteiger charge is -2.35. The van der Waals surface area contributed by atoms with Gasteiger partial charge in [0.05, 0.1) is 18.7 Å². The van der Waals surface area contributed by atoms with E-state index in [0.717, 1.165) is 12.8 Å². The van der Waals surface area contributed by atoms with Gasteiger partial charge in [0.15, 0.2) is 11.7 Å². The van der Waals surface area contributed by atoms with Gasteiger partial charge in [0.2, 0.25) is 0 Å². The fraction of sp³-hybridized carbons (Fsp3) is 0.727. The molecule has 1 aromatic rings. The van der Waals surface area contributed by atoms with Crippen molar-refractivity contribution in [1.29, 1.82) is 0 Å². The molecule has 2 aliphatic heterocycles. The summed E-state index contributed by atoms with van der Waals surface area (Å²) in [6, 6.07) is 1.60. The molecule has 174 valence electrons. The lowest BCUT2D eigenvalue weighted by atomic mass is 10.0. The summed E-state index contributed by atoms with van der Waals surface area (Å²) in [6.45, 7) is 11.9. The van der Waals surface area contributed by atoms with E-state index in [-0.39, 0.29) is 12.5 Å². The molecule has 3 rings (SSSR count). The van der Waals surface area contributed by atoms with Crippen LogP contribution in [0.4, 0.5) is 4.79 Å². The van der Waals surface area contributed by atoms with Crippen molar-refractivity contribution in [3.05, 3.63) is 28.0 Å². The van der Waals surface area contributed by atoms with Crippen molar-refractivity contribution in [1.82, 2.24) is 9.88 Å². The smallest absolute Gasteiger partial charge is 0.411 e. The number of nitrogens with one attached hydrogen (secondary N) is 1. The van der Waals surface area contributed by atoms with E-state index < -0.39 is 47.3 Å². The molecule has 3 heterocycles. The van der Waals surface area contributed by atoms with Gasteiger partial charge in [0.25, 0.3) is 5.56 Å². The zero-order valence-corrected chi connectivity index (χ0v) is 19.1. The number of aromatic nitrogens is 1. The summed E-state index contributed by atoms with van der Waals surface area (Å²) in [7, 11) is 0. The van der Waals surface area contributed by atoms with Gasteiger partial charge in [-0.1, -0.05) is 13.3 Å². The Morgan fingerprint density at radius 1 is 1.26 bits per heavy atom. The highest BCUT2D eigenvalue weighted by atomic mass is 16.8. The summed E-state index contributed by atoms with van der Waals surface area (Å²) in [5.41, 5.74) is -0.804. The molecule has 0 saturated carbocycles. The molecule has 0 spiro atoms. The summed E-state index contributed by atoms with van der Waals surface area (Å²) < 4.78 is 23.9. The number of fused-ring (bicyclic) bond motifs is 1. The molecule has 4 atom stereocenters. The van der Waals surface area contributed by atoms with Crippen molar-refractivity contribution in [2.24, 2.45) is 0 Å². The number of hydrogen-bond acceptors (Lipinski definition) is 7. The number of likely N-dealkylation sites (tertiary alicyclic amines) is 1. The van der Waals surface area contributed by atoms with Crippen LogP contribution in [0, 0.1) is 0 Å². The van der Waals surface area contributed by atoms with Gasteiger partial charge in [-0.3, -0.25) is 14.7 Å². The lowest BCUT2D eigenvalue weighted by Crippen LogP contribution is -2.47. The zero-order valence-electron chi connectivity index (χ0n) is 19.1. The molecular weight excluding hydrogens is 404 g/mol. The average Bonchev–Trinajstić information content (AvgIpc) is 3.08. The molecule has 1 aromatic heterocycles. The number of amides is 1. The van der Waals surface area contributed by atoms with Crippen molar-refractivity contribution in [2.45, 2.75) is 90.1 Å². The van der Waals surface area contributed by atoms with Crippen LogP contribution in [0.15, 0.2) is 16.9 Å². The Hall–Kier alpha value is -2.10. The van der Waals surface area contributed by atoms with Crippen molar-refractivity contribution >= 4 is 6.09 Å². The van der Waals surface area contributed by atoms with Crippen LogP contribution < -0.4 is 5.56 Å². The molecule has 0 aliphatic carbocycles. The molecule has 2 N–H and O–H groups in total. The number of nitrogens with zero attached hydrogens (tertiary/aromatic N) is 1. The fourth-order valence-corrected chi connectivity index (χ4v) is 4.11. The highest BCUT2D eigenvalue weighted by molar-refractivity contribution is 5.70. The average molecular weight is 439 g/mol. The summed E-state index contributed by atoms with van der Waals surface area (Å²) in [5, 5.41) is 10.5. The van der Waals surface area contributed by atoms with Crippen LogP contribution in [0.2, 0.25) is 0 Å². The highest BCUT2D eigenvalue weighted by Crippen LogP contribution is 2.48. The molecule has 9 heteroatoms. The second-order valence-electron chi connectivity index (χ2n) is 9.52. The van der Waals surface area contributed by atoms with E-state index in [1.165, 1.54) is 17.0 Å². The van der Waals surface area contributed by atoms with Gasteiger partial charge in [-0.25, -0.2) is 4.79 Å². The Bertz CT molecular complexity index is 845. The maximum atomic E-state index is 13.3. The van der Waals surface area contributed by atoms with Gasteiger partial charge >= 0.3 is 6.09 Å². The molecule has 9 nitrogen and oxygen atoms in total. The van der Waals surface area contributed by atoms with E-state index in [9.17, 15) is 14.7 Å². The largest absolute Gasteiger partial charge is 0.494 e. The monoisotopic (exact) mass is 438 g/mol. The second kappa shape index (κ2) is 8.80. The number of H-pyrrole nitrogens is 1. The fourth-order valence-electron chi connectivity index (χ4n) is 4.11. The Morgan fingerprint density at radius 3 is 2.55 bits per heavy atom. The number of hydrogen-bond donors (Lipinski definition) is 2. The van der Waals surface area contributed by atoms with Crippen LogP contribution in [-0.4, -0.2) is 63.9 Å². The first-order valence-corrected chi connectivity index (χ1v) is 10.8. The van der Waals surface area contributed by atoms with E-state index >= 15 is 0 Å². The van der Waals surface area contributed by atoms with Crippen molar-refractivity contribution in [3.8, 4) is 5.88 Å². The van der Waals surface area contributed by atoms with Gasteiger partial charge < -0.3 is 24.1 Å². The Kier molecular flexibility index (Phi) is 6.69. The van der Waals surface area contributed by atoms with Crippen LogP contribution >= 0.6 is 0 Å². The SMILES string of the molecule is CCCCOC[C@@H]1[C@H]2OC(C)(C)O[C@H]2[C@H](c2ccc(=O)[nH]c2O)N1C(=O)OC(C)(C)C. The number of pyridine rings is 1. The topological polar surface area (TPSA) is 110 Å². The number of rotatable bonds is 6. The van der Waals surface area contributed by atoms with Gasteiger partial charge in [0.1, 0.15) is 17.8 Å². The standard InChI is InChI=1S/C22H34N2O7/c1-7-8-11-28-12-14-17-18(30-22(5,6)29-17)16(13-9-10-15(25)23-19(13)26)24(14)20(27)31-21(2,3)4/h9-10,14,16-18H,7-8,11-12H2,1-6H3,(H2,23,25,26)/t14-,16+,17-,18+/m1/s1. The van der Waals surface area contributed by atoms with E-state index in [4.69, 9.17) is 18.9 Å². The van der Waals surface area contributed by atoms with Crippen LogP contribution in [0.25, 0.3) is 0 Å². The maximum absolute atomic E-state index is 13.3. The Balaban J connectivity index is 2.02. The number of aromatic hydroxyl groups is 1. The van der Waals surface area contributed by atoms with Crippen LogP contribution in [0.3, 0.4) is 0 Å². The first-order valence-electron chi connectivity index (χ1n) is 10.8. The maximum Gasteiger partial charge on any atom is 0.411 e. The molecule has 0 bridgehead atoms. The molecule has 0 aromatic carbocycles. The number of carbonyl (C=O) groups is 1. The number of ether oxygens (including phenoxy) is 4. The minimum absolute atomic E-state index is 0.237. The minimum Gasteiger partial charge on any atom is -0.494 e. The molecule has 2 fully saturated rings. The summed E-state index contributed by atoms with van der Waals surface area (Å²) in [5.74, 6) is -1.18. The molecule has 0 unspecified atom stereocenters. The van der Waals surface area contributed by atoms with E-state index in [1.807, 2.05) is 13.8 Å². The number of carbonyl (C=O) groups excluding carboxylic acids is 1. The first-order chi connectivity index (χ1) is 14.4. The Labute approximate surface area is 182 Å². The minimum atomic E-state index is -0.868. The molecule has 2 aliphatic rings. The van der Waals surface area contributed by atoms with Crippen LogP contribution in [-0.2, 0) is 18.9 Å². The van der Waals surface area contributed by atoms with E-state index in [1.54, 1.807) is 20.8 Å². The van der Waals surface area contributed by atoms with Crippen molar-refractivity contribution in [2.75, 3.05) is 13.2 Å². The summed E-state index contributed by atoms with van der Waals surface area (Å²) in [6.07, 6.45) is 0.277. The van der Waals surface area contributed by atoms with Gasteiger partial charge in [0, 0.05) is 18.2 Å². The normalized spacial score (nSPS) is 27.4. The van der Waals surface area contributed by atoms with Gasteiger partial charge in [-0.2, -0.15) is 0 Å². The van der Waals surface area contributed by atoms with Gasteiger partial charge in [-0.05, 0) is 47.1 Å². The quantitative estimate of drug-likeness (QED) is 0.657. The first kappa shape index (κ1) is 23.6. The van der Waals surface area contributed by atoms with E-state index in [2.05, 4.69) is 11.9 Å². The third-order valence-corrected chi connectivity index (χ3v) is 5.29. The third-order valence-electron chi connectivity index (χ3n) is 5.29. The third kappa shape index (κ3) is 5.22. The molecule has 1 amide bonds.